The van der Waals surface area contributed by atoms with Crippen LogP contribution in [0.4, 0.5) is 20.3 Å². The molecule has 3 aromatic rings. The van der Waals surface area contributed by atoms with Crippen LogP contribution in [0.3, 0.4) is 0 Å². The van der Waals surface area contributed by atoms with Crippen molar-refractivity contribution in [3.8, 4) is 0 Å². The molecule has 2 bridgehead atoms. The average molecular weight is 472 g/mol. The van der Waals surface area contributed by atoms with E-state index in [1.807, 2.05) is 6.07 Å². The highest BCUT2D eigenvalue weighted by molar-refractivity contribution is 6.08. The molecule has 1 saturated carbocycles. The number of ether oxygens (including phenoxy) is 1. The van der Waals surface area contributed by atoms with Crippen LogP contribution in [-0.2, 0) is 4.74 Å². The molecule has 6 rings (SSSR count). The minimum atomic E-state index is -2.79. The third-order valence-electron chi connectivity index (χ3n) is 7.37. The Morgan fingerprint density at radius 2 is 2.06 bits per heavy atom. The molecule has 0 unspecified atom stereocenters. The summed E-state index contributed by atoms with van der Waals surface area (Å²) in [6, 6.07) is 2.22. The summed E-state index contributed by atoms with van der Waals surface area (Å²) >= 11 is 0. The van der Waals surface area contributed by atoms with Crippen LogP contribution >= 0.6 is 0 Å². The molecule has 0 radical (unpaired) electrons. The van der Waals surface area contributed by atoms with Crippen molar-refractivity contribution in [2.75, 3.05) is 23.4 Å². The summed E-state index contributed by atoms with van der Waals surface area (Å²) < 4.78 is 36.3. The zero-order valence-electron chi connectivity index (χ0n) is 18.9. The Morgan fingerprint density at radius 3 is 2.76 bits per heavy atom. The number of aromatic nitrogens is 5. The third-order valence-corrected chi connectivity index (χ3v) is 7.37. The largest absolute Gasteiger partial charge is 0.374 e. The molecule has 2 saturated heterocycles. The summed E-state index contributed by atoms with van der Waals surface area (Å²) in [5.74, 6) is 0.854. The van der Waals surface area contributed by atoms with E-state index in [-0.39, 0.29) is 29.4 Å². The van der Waals surface area contributed by atoms with Crippen LogP contribution in [-0.4, -0.2) is 55.6 Å². The molecule has 2 atom stereocenters. The van der Waals surface area contributed by atoms with E-state index in [2.05, 4.69) is 32.3 Å². The van der Waals surface area contributed by atoms with Gasteiger partial charge in [-0.25, -0.2) is 18.3 Å². The predicted octanol–water partition coefficient (Wildman–Crippen LogP) is 3.84. The maximum Gasteiger partial charge on any atom is 0.284 e. The molecule has 0 aromatic carbocycles. The van der Waals surface area contributed by atoms with E-state index in [1.165, 1.54) is 16.9 Å². The fraction of sp³-hybridized carbons (Fsp3) is 0.565. The van der Waals surface area contributed by atoms with E-state index in [1.54, 1.807) is 10.9 Å². The van der Waals surface area contributed by atoms with Crippen molar-refractivity contribution in [1.82, 2.24) is 24.4 Å². The molecule has 5 heterocycles. The highest BCUT2D eigenvalue weighted by atomic mass is 19.3. The van der Waals surface area contributed by atoms with Crippen LogP contribution in [0.1, 0.15) is 67.5 Å². The van der Waals surface area contributed by atoms with Gasteiger partial charge in [-0.05, 0) is 44.1 Å². The fourth-order valence-electron chi connectivity index (χ4n) is 5.41. The Kier molecular flexibility index (Phi) is 5.23. The summed E-state index contributed by atoms with van der Waals surface area (Å²) in [6.45, 7) is 3.64. The first-order valence-corrected chi connectivity index (χ1v) is 11.9. The van der Waals surface area contributed by atoms with E-state index in [0.717, 1.165) is 44.5 Å². The molecule has 34 heavy (non-hydrogen) atoms. The summed E-state index contributed by atoms with van der Waals surface area (Å²) in [4.78, 5) is 20.0. The van der Waals surface area contributed by atoms with E-state index in [0.29, 0.717) is 18.2 Å². The number of fused-ring (bicyclic) bond motifs is 3. The van der Waals surface area contributed by atoms with Gasteiger partial charge >= 0.3 is 0 Å². The smallest absolute Gasteiger partial charge is 0.284 e. The lowest BCUT2D eigenvalue weighted by Gasteiger charge is -2.27. The van der Waals surface area contributed by atoms with Gasteiger partial charge < -0.3 is 15.0 Å². The maximum atomic E-state index is 13.7. The average Bonchev–Trinajstić information content (AvgIpc) is 3.61. The number of hydrogen-bond acceptors (Lipinski definition) is 6. The van der Waals surface area contributed by atoms with Gasteiger partial charge in [0.1, 0.15) is 11.4 Å². The number of carbonyl (C=O) groups excluding carboxylic acids is 1. The van der Waals surface area contributed by atoms with Crippen molar-refractivity contribution in [2.45, 2.75) is 63.6 Å². The zero-order valence-corrected chi connectivity index (χ0v) is 18.9. The second kappa shape index (κ2) is 8.30. The van der Waals surface area contributed by atoms with Crippen LogP contribution in [0, 0.1) is 5.92 Å². The molecule has 1 aliphatic carbocycles. The third kappa shape index (κ3) is 3.71. The Morgan fingerprint density at radius 1 is 1.24 bits per heavy atom. The number of nitrogens with one attached hydrogen (secondary N) is 1. The molecular formula is C23H27F2N7O2. The van der Waals surface area contributed by atoms with Gasteiger partial charge in [-0.15, -0.1) is 0 Å². The number of halogens is 2. The van der Waals surface area contributed by atoms with E-state index >= 15 is 0 Å². The Labute approximate surface area is 195 Å². The lowest BCUT2D eigenvalue weighted by atomic mass is 9.87. The van der Waals surface area contributed by atoms with Gasteiger partial charge in [-0.1, -0.05) is 6.92 Å². The number of carbonyl (C=O) groups is 1. The Hall–Kier alpha value is -3.08. The molecule has 0 spiro atoms. The topological polar surface area (TPSA) is 89.6 Å². The second-order valence-electron chi connectivity index (χ2n) is 9.69. The monoisotopic (exact) mass is 471 g/mol. The number of anilines is 2. The molecule has 3 aromatic heterocycles. The van der Waals surface area contributed by atoms with Crippen LogP contribution in [0.25, 0.3) is 5.65 Å². The second-order valence-corrected chi connectivity index (χ2v) is 9.69. The maximum absolute atomic E-state index is 13.7. The minimum Gasteiger partial charge on any atom is -0.374 e. The highest BCUT2D eigenvalue weighted by Crippen LogP contribution is 2.35. The van der Waals surface area contributed by atoms with Crippen molar-refractivity contribution in [2.24, 2.45) is 5.92 Å². The molecule has 1 amide bonds. The molecule has 180 valence electrons. The quantitative estimate of drug-likeness (QED) is 0.608. The van der Waals surface area contributed by atoms with E-state index < -0.39 is 18.0 Å². The molecule has 1 N–H and O–H groups in total. The normalized spacial score (nSPS) is 26.6. The predicted molar refractivity (Wildman–Crippen MR) is 120 cm³/mol. The van der Waals surface area contributed by atoms with Gasteiger partial charge in [0.05, 0.1) is 36.7 Å². The SMILES string of the molecule is CC1CCC(n2cc(NC(=O)c3cnn4ccc(N5C[C@H]6C[C@@H]5CO6)nc34)c(C(F)F)n2)CC1. The van der Waals surface area contributed by atoms with Gasteiger partial charge in [0, 0.05) is 18.9 Å². The number of nitrogens with zero attached hydrogens (tertiary/aromatic N) is 6. The summed E-state index contributed by atoms with van der Waals surface area (Å²) in [6.07, 6.45) is 6.96. The molecule has 9 nitrogen and oxygen atoms in total. The van der Waals surface area contributed by atoms with Crippen molar-refractivity contribution >= 4 is 23.1 Å². The van der Waals surface area contributed by atoms with Crippen LogP contribution in [0.15, 0.2) is 24.7 Å². The lowest BCUT2D eigenvalue weighted by molar-refractivity contribution is 0.0988. The molecule has 2 aliphatic heterocycles. The first-order chi connectivity index (χ1) is 16.5. The van der Waals surface area contributed by atoms with Gasteiger partial charge in [0.2, 0.25) is 0 Å². The lowest BCUT2D eigenvalue weighted by Crippen LogP contribution is -2.37. The Balaban J connectivity index is 1.26. The van der Waals surface area contributed by atoms with Crippen molar-refractivity contribution in [1.29, 1.82) is 0 Å². The minimum absolute atomic E-state index is 0.0307. The standard InChI is InChI=1S/C23H27F2N7O2/c1-13-2-4-14(5-3-13)32-11-18(20(29-32)21(24)25)27-23(33)17-9-26-31-7-6-19(28-22(17)31)30-10-16-8-15(30)12-34-16/h6-7,9,11,13-16,21H,2-5,8,10,12H2,1H3,(H,27,33)/t13?,14?,15-,16-/m1/s1. The van der Waals surface area contributed by atoms with Crippen molar-refractivity contribution < 1.29 is 18.3 Å². The number of morpholine rings is 1. The van der Waals surface area contributed by atoms with Crippen LogP contribution < -0.4 is 10.2 Å². The molecule has 3 aliphatic rings. The van der Waals surface area contributed by atoms with Crippen molar-refractivity contribution in [3.63, 3.8) is 0 Å². The molecular weight excluding hydrogens is 444 g/mol. The Bertz CT molecular complexity index is 1220. The summed E-state index contributed by atoms with van der Waals surface area (Å²) in [7, 11) is 0. The zero-order chi connectivity index (χ0) is 23.4. The highest BCUT2D eigenvalue weighted by Gasteiger charge is 2.39. The van der Waals surface area contributed by atoms with Crippen LogP contribution in [0.5, 0.6) is 0 Å². The van der Waals surface area contributed by atoms with Gasteiger partial charge in [-0.2, -0.15) is 10.2 Å². The van der Waals surface area contributed by atoms with Gasteiger partial charge in [-0.3, -0.25) is 9.48 Å². The van der Waals surface area contributed by atoms with E-state index in [9.17, 15) is 13.6 Å². The first-order valence-electron chi connectivity index (χ1n) is 11.9. The summed E-state index contributed by atoms with van der Waals surface area (Å²) in [5.41, 5.74) is 0.223. The van der Waals surface area contributed by atoms with Crippen LogP contribution in [0.2, 0.25) is 0 Å². The van der Waals surface area contributed by atoms with Gasteiger partial charge in [0.25, 0.3) is 12.3 Å². The van der Waals surface area contributed by atoms with E-state index in [4.69, 9.17) is 4.74 Å². The fourth-order valence-corrected chi connectivity index (χ4v) is 5.41. The number of alkyl halides is 2. The first kappa shape index (κ1) is 21.5. The summed E-state index contributed by atoms with van der Waals surface area (Å²) in [5, 5.41) is 11.0. The molecule has 11 heteroatoms. The molecule has 3 fully saturated rings. The number of rotatable bonds is 5. The van der Waals surface area contributed by atoms with Crippen molar-refractivity contribution in [3.05, 3.63) is 35.9 Å². The number of hydrogen-bond donors (Lipinski definition) is 1. The number of amides is 1. The van der Waals surface area contributed by atoms with Gasteiger partial charge in [0.15, 0.2) is 11.3 Å².